The molecule has 0 fully saturated rings. The van der Waals surface area contributed by atoms with Gasteiger partial charge in [-0.1, -0.05) is 42.1 Å². The molecule has 0 bridgehead atoms. The van der Waals surface area contributed by atoms with Crippen molar-refractivity contribution in [2.75, 3.05) is 0 Å². The zero-order valence-electron chi connectivity index (χ0n) is 19.8. The van der Waals surface area contributed by atoms with Gasteiger partial charge in [0.15, 0.2) is 6.20 Å². The minimum atomic E-state index is -1.93. The molecule has 4 aromatic rings. The molecule has 3 heterocycles. The lowest BCUT2D eigenvalue weighted by molar-refractivity contribution is -0.660. The number of halogens is 1. The first kappa shape index (κ1) is 20.6. The topological polar surface area (TPSA) is 17.0 Å². The summed E-state index contributed by atoms with van der Waals surface area (Å²) in [5.74, 6) is -0.170. The van der Waals surface area contributed by atoms with E-state index in [1.807, 2.05) is 12.1 Å². The zero-order chi connectivity index (χ0) is 22.9. The number of pyridine rings is 1. The average molecular weight is 455 g/mol. The van der Waals surface area contributed by atoms with Crippen LogP contribution >= 0.6 is 0 Å². The lowest BCUT2D eigenvalue weighted by Gasteiger charge is -2.27. The van der Waals surface area contributed by atoms with Crippen LogP contribution in [-0.2, 0) is 7.05 Å². The third kappa shape index (κ3) is 2.93. The van der Waals surface area contributed by atoms with E-state index >= 15 is 4.39 Å². The summed E-state index contributed by atoms with van der Waals surface area (Å²) < 4.78 is 24.4. The lowest BCUT2D eigenvalue weighted by Crippen LogP contribution is -2.30. The molecule has 0 saturated carbocycles. The highest BCUT2D eigenvalue weighted by molar-refractivity contribution is 7.01. The smallest absolute Gasteiger partial charge is 0.216 e. The van der Waals surface area contributed by atoms with Gasteiger partial charge in [0, 0.05) is 22.9 Å². The molecule has 0 spiro atoms. The van der Waals surface area contributed by atoms with E-state index in [0.717, 1.165) is 39.6 Å². The van der Waals surface area contributed by atoms with E-state index < -0.39 is 8.07 Å². The van der Waals surface area contributed by atoms with Crippen LogP contribution in [0.3, 0.4) is 0 Å². The fourth-order valence-corrected chi connectivity index (χ4v) is 9.55. The summed E-state index contributed by atoms with van der Waals surface area (Å²) >= 11 is 0. The van der Waals surface area contributed by atoms with Crippen molar-refractivity contribution in [3.05, 3.63) is 82.5 Å². The van der Waals surface area contributed by atoms with Gasteiger partial charge in [-0.3, -0.25) is 0 Å². The maximum atomic E-state index is 15.6. The Kier molecular flexibility index (Phi) is 4.53. The highest BCUT2D eigenvalue weighted by atomic mass is 28.3. The van der Waals surface area contributed by atoms with Crippen molar-refractivity contribution in [1.82, 2.24) is 0 Å². The minimum absolute atomic E-state index is 0.170. The maximum absolute atomic E-state index is 15.6. The maximum Gasteiger partial charge on any atom is 0.216 e. The molecule has 0 saturated heterocycles. The van der Waals surface area contributed by atoms with Crippen LogP contribution in [0, 0.1) is 12.7 Å². The Morgan fingerprint density at radius 1 is 0.909 bits per heavy atom. The van der Waals surface area contributed by atoms with Crippen LogP contribution < -0.4 is 4.57 Å². The Balaban J connectivity index is 1.66. The van der Waals surface area contributed by atoms with E-state index in [0.29, 0.717) is 11.1 Å². The van der Waals surface area contributed by atoms with E-state index in [2.05, 4.69) is 68.2 Å². The third-order valence-corrected chi connectivity index (χ3v) is 11.6. The second kappa shape index (κ2) is 7.26. The van der Waals surface area contributed by atoms with E-state index in [1.54, 1.807) is 11.3 Å². The largest absolute Gasteiger partial charge is 0.454 e. The van der Waals surface area contributed by atoms with Gasteiger partial charge in [0.25, 0.3) is 0 Å². The van der Waals surface area contributed by atoms with Crippen LogP contribution in [0.2, 0.25) is 13.1 Å². The van der Waals surface area contributed by atoms with Crippen molar-refractivity contribution in [3.8, 4) is 11.3 Å². The average Bonchev–Trinajstić information content (AvgIpc) is 3.29. The summed E-state index contributed by atoms with van der Waals surface area (Å²) in [5, 5.41) is 4.85. The van der Waals surface area contributed by atoms with Crippen molar-refractivity contribution >= 4 is 35.2 Å². The molecular weight excluding hydrogens is 425 g/mol. The van der Waals surface area contributed by atoms with Gasteiger partial charge in [-0.25, -0.2) is 8.96 Å². The molecule has 4 heteroatoms. The van der Waals surface area contributed by atoms with Crippen LogP contribution in [0.5, 0.6) is 0 Å². The summed E-state index contributed by atoms with van der Waals surface area (Å²) in [6, 6.07) is 14.0. The van der Waals surface area contributed by atoms with Gasteiger partial charge in [-0.05, 0) is 61.6 Å². The number of aromatic nitrogens is 1. The number of hydrogen-bond donors (Lipinski definition) is 0. The van der Waals surface area contributed by atoms with E-state index in [4.69, 9.17) is 4.42 Å². The van der Waals surface area contributed by atoms with Crippen molar-refractivity contribution in [2.45, 2.75) is 45.7 Å². The van der Waals surface area contributed by atoms with Crippen molar-refractivity contribution in [1.29, 1.82) is 0 Å². The number of nitrogens with zero attached hydrogens (tertiary/aromatic N) is 1. The predicted molar refractivity (Wildman–Crippen MR) is 136 cm³/mol. The Morgan fingerprint density at radius 2 is 1.64 bits per heavy atom. The monoisotopic (exact) mass is 454 g/mol. The van der Waals surface area contributed by atoms with Gasteiger partial charge >= 0.3 is 0 Å². The fourth-order valence-electron chi connectivity index (χ4n) is 6.03. The number of benzene rings is 2. The molecule has 166 valence electrons. The number of fused-ring (bicyclic) bond motifs is 3. The summed E-state index contributed by atoms with van der Waals surface area (Å²) in [6.07, 6.45) is 9.15. The zero-order valence-corrected chi connectivity index (χ0v) is 20.8. The molecule has 2 nitrogen and oxygen atoms in total. The molecule has 1 aliphatic carbocycles. The number of hydrogen-bond acceptors (Lipinski definition) is 1. The van der Waals surface area contributed by atoms with E-state index in [-0.39, 0.29) is 5.82 Å². The molecule has 0 unspecified atom stereocenters. The van der Waals surface area contributed by atoms with Crippen LogP contribution in [0.1, 0.15) is 36.8 Å². The summed E-state index contributed by atoms with van der Waals surface area (Å²) in [6.45, 7) is 6.88. The van der Waals surface area contributed by atoms with E-state index in [9.17, 15) is 0 Å². The summed E-state index contributed by atoms with van der Waals surface area (Å²) in [5.41, 5.74) is 7.01. The van der Waals surface area contributed by atoms with Gasteiger partial charge in [0.05, 0.1) is 11.1 Å². The molecule has 2 aromatic carbocycles. The molecule has 2 aliphatic rings. The second-order valence-corrected chi connectivity index (χ2v) is 14.5. The van der Waals surface area contributed by atoms with Crippen LogP contribution in [0.15, 0.2) is 69.9 Å². The molecule has 2 aromatic heterocycles. The van der Waals surface area contributed by atoms with Crippen molar-refractivity contribution < 1.29 is 13.4 Å². The quantitative estimate of drug-likeness (QED) is 0.225. The third-order valence-electron chi connectivity index (χ3n) is 7.80. The fraction of sp³-hybridized carbons (Fsp3) is 0.276. The number of furan rings is 1. The normalized spacial score (nSPS) is 17.7. The highest BCUT2D eigenvalue weighted by Gasteiger charge is 2.40. The Labute approximate surface area is 195 Å². The first-order valence-electron chi connectivity index (χ1n) is 11.9. The standard InChI is InChI=1S/C29H29FNOSi/c1-18-12-13-20-21-14-15-22(30)27(25-17-19-9-5-6-11-24(19)33(25,3)4)29(21)32-28(20)26(18)23-10-7-8-16-31(23)2/h7-8,10,12-17H,5-6,9,11H2,1-4H3/q+1. The van der Waals surface area contributed by atoms with E-state index in [1.165, 1.54) is 30.0 Å². The first-order valence-corrected chi connectivity index (χ1v) is 14.9. The minimum Gasteiger partial charge on any atom is -0.454 e. The molecule has 1 aliphatic heterocycles. The first-order chi connectivity index (χ1) is 15.9. The van der Waals surface area contributed by atoms with Crippen LogP contribution in [-0.4, -0.2) is 8.07 Å². The van der Waals surface area contributed by atoms with Gasteiger partial charge in [-0.2, -0.15) is 0 Å². The van der Waals surface area contributed by atoms with Gasteiger partial charge in [-0.15, -0.1) is 0 Å². The van der Waals surface area contributed by atoms with Gasteiger partial charge in [0.1, 0.15) is 32.1 Å². The van der Waals surface area contributed by atoms with Crippen molar-refractivity contribution in [2.24, 2.45) is 7.05 Å². The SMILES string of the molecule is Cc1ccc2c(oc3c(C4=CC5=C(CCCC5)[Si]4(C)C)c(F)ccc32)c1-c1cccc[n+]1C. The number of rotatable bonds is 2. The molecule has 0 atom stereocenters. The Morgan fingerprint density at radius 3 is 2.39 bits per heavy atom. The van der Waals surface area contributed by atoms with Crippen LogP contribution in [0.4, 0.5) is 4.39 Å². The molecule has 0 N–H and O–H groups in total. The molecule has 33 heavy (non-hydrogen) atoms. The van der Waals surface area contributed by atoms with Crippen molar-refractivity contribution in [3.63, 3.8) is 0 Å². The predicted octanol–water partition coefficient (Wildman–Crippen LogP) is 7.58. The summed E-state index contributed by atoms with van der Waals surface area (Å²) in [4.78, 5) is 0. The Hall–Kier alpha value is -2.98. The highest BCUT2D eigenvalue weighted by Crippen LogP contribution is 2.49. The van der Waals surface area contributed by atoms with Crippen LogP contribution in [0.25, 0.3) is 38.4 Å². The second-order valence-electron chi connectivity index (χ2n) is 10.1. The molecule has 6 rings (SSSR count). The number of allylic oxidation sites excluding steroid dienone is 3. The molecule has 0 radical (unpaired) electrons. The van der Waals surface area contributed by atoms with Gasteiger partial charge in [0.2, 0.25) is 5.69 Å². The Bertz CT molecular complexity index is 1520. The molecule has 0 amide bonds. The number of aryl methyl sites for hydroxylation is 2. The lowest BCUT2D eigenvalue weighted by atomic mass is 9.98. The summed E-state index contributed by atoms with van der Waals surface area (Å²) in [7, 11) is 0.120. The molecular formula is C29H29FNOSi+. The van der Waals surface area contributed by atoms with Gasteiger partial charge < -0.3 is 4.42 Å².